The second-order valence-electron chi connectivity index (χ2n) is 2.85. The van der Waals surface area contributed by atoms with Gasteiger partial charge >= 0.3 is 6.72 Å². The zero-order valence-corrected chi connectivity index (χ0v) is 10.7. The lowest BCUT2D eigenvalue weighted by atomic mass is 10.3. The van der Waals surface area contributed by atoms with E-state index in [-0.39, 0.29) is 0 Å². The van der Waals surface area contributed by atoms with E-state index in [1.807, 2.05) is 6.92 Å². The standard InChI is InChI=1S/C7H16NO2PS2/c1-4-10-11(9,8-6-12)13-5-7(2)3/h6-7H,4-5H2,1-3H3,(H,8,9,12). The smallest absolute Gasteiger partial charge is 0.306 e. The molecule has 1 atom stereocenters. The first kappa shape index (κ1) is 13.4. The quantitative estimate of drug-likeness (QED) is 0.548. The Morgan fingerprint density at radius 1 is 1.69 bits per heavy atom. The van der Waals surface area contributed by atoms with Gasteiger partial charge < -0.3 is 9.61 Å². The molecule has 78 valence electrons. The Morgan fingerprint density at radius 3 is 2.69 bits per heavy atom. The van der Waals surface area contributed by atoms with Crippen molar-refractivity contribution in [2.45, 2.75) is 20.8 Å². The maximum atomic E-state index is 11.8. The molecule has 0 aliphatic heterocycles. The van der Waals surface area contributed by atoms with E-state index < -0.39 is 6.72 Å². The van der Waals surface area contributed by atoms with E-state index in [9.17, 15) is 4.57 Å². The van der Waals surface area contributed by atoms with Crippen molar-refractivity contribution in [2.75, 3.05) is 12.4 Å². The van der Waals surface area contributed by atoms with Crippen LogP contribution in [-0.2, 0) is 9.09 Å². The first-order valence-electron chi connectivity index (χ1n) is 4.14. The van der Waals surface area contributed by atoms with Crippen molar-refractivity contribution >= 4 is 35.8 Å². The third kappa shape index (κ3) is 6.49. The molecule has 0 aliphatic carbocycles. The Balaban J connectivity index is 4.07. The van der Waals surface area contributed by atoms with Gasteiger partial charge in [0.2, 0.25) is 0 Å². The summed E-state index contributed by atoms with van der Waals surface area (Å²) in [5.74, 6) is 1.29. The van der Waals surface area contributed by atoms with Crippen LogP contribution in [0.4, 0.5) is 0 Å². The SMILES string of the molecule is CCOP(=O)(NC=S)SCC(C)C. The minimum atomic E-state index is -2.77. The molecule has 0 amide bonds. The number of nitrogens with one attached hydrogen (secondary N) is 1. The molecule has 1 unspecified atom stereocenters. The number of hydrogen-bond acceptors (Lipinski definition) is 4. The largest absolute Gasteiger partial charge is 0.351 e. The fourth-order valence-corrected chi connectivity index (χ4v) is 4.80. The molecule has 0 aromatic heterocycles. The fourth-order valence-electron chi connectivity index (χ4n) is 0.594. The topological polar surface area (TPSA) is 38.3 Å². The Labute approximate surface area is 89.3 Å². The van der Waals surface area contributed by atoms with E-state index in [2.05, 4.69) is 31.2 Å². The molecule has 0 spiro atoms. The van der Waals surface area contributed by atoms with Crippen LogP contribution in [0.3, 0.4) is 0 Å². The van der Waals surface area contributed by atoms with Crippen LogP contribution in [-0.4, -0.2) is 17.9 Å². The van der Waals surface area contributed by atoms with Gasteiger partial charge in [0, 0.05) is 5.75 Å². The van der Waals surface area contributed by atoms with E-state index in [1.165, 1.54) is 16.9 Å². The van der Waals surface area contributed by atoms with Gasteiger partial charge in [0.1, 0.15) is 0 Å². The monoisotopic (exact) mass is 241 g/mol. The summed E-state index contributed by atoms with van der Waals surface area (Å²) in [5.41, 5.74) is 1.25. The Kier molecular flexibility index (Phi) is 7.05. The predicted octanol–water partition coefficient (Wildman–Crippen LogP) is 3.07. The van der Waals surface area contributed by atoms with Crippen LogP contribution in [0.5, 0.6) is 0 Å². The van der Waals surface area contributed by atoms with Gasteiger partial charge in [-0.25, -0.2) is 0 Å². The zero-order chi connectivity index (χ0) is 10.3. The molecule has 3 nitrogen and oxygen atoms in total. The molecule has 1 N–H and O–H groups in total. The molecule has 0 heterocycles. The summed E-state index contributed by atoms with van der Waals surface area (Å²) in [4.78, 5) is 0. The van der Waals surface area contributed by atoms with Gasteiger partial charge in [-0.05, 0) is 24.2 Å². The molecule has 0 saturated carbocycles. The summed E-state index contributed by atoms with van der Waals surface area (Å²) < 4.78 is 17.0. The van der Waals surface area contributed by atoms with Gasteiger partial charge in [0.15, 0.2) is 0 Å². The molecular weight excluding hydrogens is 225 g/mol. The van der Waals surface area contributed by atoms with E-state index in [4.69, 9.17) is 4.52 Å². The van der Waals surface area contributed by atoms with Gasteiger partial charge in [-0.3, -0.25) is 4.57 Å². The van der Waals surface area contributed by atoms with Crippen LogP contribution in [0.2, 0.25) is 0 Å². The van der Waals surface area contributed by atoms with Gasteiger partial charge in [0.05, 0.1) is 12.1 Å². The molecule has 6 heteroatoms. The normalized spacial score (nSPS) is 15.4. The third-order valence-electron chi connectivity index (χ3n) is 1.09. The molecule has 0 bridgehead atoms. The lowest BCUT2D eigenvalue weighted by Crippen LogP contribution is -2.07. The average Bonchev–Trinajstić information content (AvgIpc) is 2.02. The summed E-state index contributed by atoms with van der Waals surface area (Å²) in [6, 6.07) is 0. The number of rotatable bonds is 7. The molecule has 0 aromatic rings. The van der Waals surface area contributed by atoms with Crippen LogP contribution in [0.1, 0.15) is 20.8 Å². The molecule has 13 heavy (non-hydrogen) atoms. The lowest BCUT2D eigenvalue weighted by Gasteiger charge is -2.16. The minimum absolute atomic E-state index is 0.429. The highest BCUT2D eigenvalue weighted by Crippen LogP contribution is 2.55. The molecule has 0 aromatic carbocycles. The van der Waals surface area contributed by atoms with Crippen molar-refractivity contribution < 1.29 is 9.09 Å². The summed E-state index contributed by atoms with van der Waals surface area (Å²) in [6.07, 6.45) is 0. The second-order valence-corrected chi connectivity index (χ2v) is 7.41. The highest BCUT2D eigenvalue weighted by Gasteiger charge is 2.21. The number of hydrogen-bond donors (Lipinski definition) is 1. The van der Waals surface area contributed by atoms with Crippen molar-refractivity contribution in [3.05, 3.63) is 0 Å². The van der Waals surface area contributed by atoms with E-state index in [0.717, 1.165) is 5.75 Å². The van der Waals surface area contributed by atoms with Crippen molar-refractivity contribution in [3.63, 3.8) is 0 Å². The van der Waals surface area contributed by atoms with Crippen LogP contribution < -0.4 is 5.09 Å². The fraction of sp³-hybridized carbons (Fsp3) is 0.857. The average molecular weight is 241 g/mol. The maximum Gasteiger partial charge on any atom is 0.351 e. The lowest BCUT2D eigenvalue weighted by molar-refractivity contribution is 0.343. The molecule has 0 fully saturated rings. The van der Waals surface area contributed by atoms with Gasteiger partial charge in [0.25, 0.3) is 0 Å². The van der Waals surface area contributed by atoms with Crippen molar-refractivity contribution in [1.29, 1.82) is 0 Å². The molecule has 0 rings (SSSR count). The van der Waals surface area contributed by atoms with Gasteiger partial charge in [-0.2, -0.15) is 0 Å². The second kappa shape index (κ2) is 6.82. The van der Waals surface area contributed by atoms with E-state index in [0.29, 0.717) is 12.5 Å². The summed E-state index contributed by atoms with van der Waals surface area (Å²) in [6.45, 7) is 3.62. The van der Waals surface area contributed by atoms with Crippen molar-refractivity contribution in [2.24, 2.45) is 5.92 Å². The first-order valence-corrected chi connectivity index (χ1v) is 7.83. The molecular formula is C7H16NO2PS2. The zero-order valence-electron chi connectivity index (χ0n) is 8.15. The summed E-state index contributed by atoms with van der Waals surface area (Å²) in [7, 11) is 0. The van der Waals surface area contributed by atoms with Crippen LogP contribution in [0, 0.1) is 5.92 Å². The Morgan fingerprint density at radius 2 is 2.31 bits per heavy atom. The number of thiocarbonyl (C=S) groups is 1. The van der Waals surface area contributed by atoms with Gasteiger partial charge in [-0.15, -0.1) is 0 Å². The predicted molar refractivity (Wildman–Crippen MR) is 63.3 cm³/mol. The molecule has 0 radical (unpaired) electrons. The van der Waals surface area contributed by atoms with Crippen LogP contribution in [0.25, 0.3) is 0 Å². The van der Waals surface area contributed by atoms with Crippen LogP contribution in [0.15, 0.2) is 0 Å². The molecule has 0 aliphatic rings. The first-order chi connectivity index (χ1) is 6.04. The summed E-state index contributed by atoms with van der Waals surface area (Å²) >= 11 is 5.90. The van der Waals surface area contributed by atoms with E-state index in [1.54, 1.807) is 0 Å². The van der Waals surface area contributed by atoms with Crippen molar-refractivity contribution in [3.8, 4) is 0 Å². The van der Waals surface area contributed by atoms with Crippen LogP contribution >= 0.6 is 30.3 Å². The highest BCUT2D eigenvalue weighted by atomic mass is 32.7. The Bertz CT molecular complexity index is 199. The minimum Gasteiger partial charge on any atom is -0.306 e. The van der Waals surface area contributed by atoms with Crippen molar-refractivity contribution in [1.82, 2.24) is 5.09 Å². The third-order valence-corrected chi connectivity index (χ3v) is 5.68. The van der Waals surface area contributed by atoms with Gasteiger partial charge in [-0.1, -0.05) is 26.1 Å². The highest BCUT2D eigenvalue weighted by molar-refractivity contribution is 8.56. The van der Waals surface area contributed by atoms with E-state index >= 15 is 0 Å². The summed E-state index contributed by atoms with van der Waals surface area (Å²) in [5, 5.41) is 2.60. The Hall–Kier alpha value is 0.430. The molecule has 0 saturated heterocycles. The maximum absolute atomic E-state index is 11.8.